The van der Waals surface area contributed by atoms with Gasteiger partial charge >= 0.3 is 0 Å². The van der Waals surface area contributed by atoms with E-state index in [0.717, 1.165) is 45.1 Å². The van der Waals surface area contributed by atoms with Gasteiger partial charge in [-0.15, -0.1) is 0 Å². The van der Waals surface area contributed by atoms with Gasteiger partial charge in [0.05, 0.1) is 5.60 Å². The molecule has 118 valence electrons. The van der Waals surface area contributed by atoms with Crippen molar-refractivity contribution in [3.8, 4) is 0 Å². The summed E-state index contributed by atoms with van der Waals surface area (Å²) in [5, 5.41) is 3.68. The van der Waals surface area contributed by atoms with Crippen molar-refractivity contribution >= 4 is 0 Å². The summed E-state index contributed by atoms with van der Waals surface area (Å²) < 4.78 is 11.6. The van der Waals surface area contributed by atoms with Crippen LogP contribution >= 0.6 is 0 Å². The van der Waals surface area contributed by atoms with Crippen molar-refractivity contribution in [1.29, 1.82) is 0 Å². The van der Waals surface area contributed by atoms with Gasteiger partial charge in [-0.1, -0.05) is 13.8 Å². The minimum atomic E-state index is 0.166. The molecule has 1 spiro atoms. The van der Waals surface area contributed by atoms with Gasteiger partial charge in [-0.05, 0) is 63.8 Å². The van der Waals surface area contributed by atoms with Crippen molar-refractivity contribution in [3.05, 3.63) is 0 Å². The van der Waals surface area contributed by atoms with Crippen molar-refractivity contribution in [1.82, 2.24) is 5.32 Å². The van der Waals surface area contributed by atoms with Crippen LogP contribution in [0, 0.1) is 5.92 Å². The number of rotatable bonds is 7. The van der Waals surface area contributed by atoms with E-state index in [1.807, 2.05) is 0 Å². The lowest BCUT2D eigenvalue weighted by Crippen LogP contribution is -2.44. The molecular formula is C17H33NO2. The van der Waals surface area contributed by atoms with Crippen molar-refractivity contribution in [2.45, 2.75) is 76.9 Å². The molecule has 3 nitrogen and oxygen atoms in total. The smallest absolute Gasteiger partial charge is 0.0729 e. The quantitative estimate of drug-likeness (QED) is 0.775. The molecule has 2 aliphatic heterocycles. The van der Waals surface area contributed by atoms with E-state index in [0.29, 0.717) is 6.04 Å². The zero-order valence-electron chi connectivity index (χ0n) is 13.5. The number of ether oxygens (including phenoxy) is 2. The molecule has 0 radical (unpaired) electrons. The normalized spacial score (nSPS) is 27.6. The molecule has 2 unspecified atom stereocenters. The van der Waals surface area contributed by atoms with E-state index in [-0.39, 0.29) is 5.60 Å². The monoisotopic (exact) mass is 283 g/mol. The molecule has 0 bridgehead atoms. The van der Waals surface area contributed by atoms with Crippen LogP contribution < -0.4 is 5.32 Å². The van der Waals surface area contributed by atoms with Gasteiger partial charge in [0.2, 0.25) is 0 Å². The van der Waals surface area contributed by atoms with Crippen molar-refractivity contribution in [3.63, 3.8) is 0 Å². The lowest BCUT2D eigenvalue weighted by molar-refractivity contribution is -0.147. The average Bonchev–Trinajstić information content (AvgIpc) is 2.48. The molecule has 0 saturated carbocycles. The Labute approximate surface area is 124 Å². The topological polar surface area (TPSA) is 30.5 Å². The summed E-state index contributed by atoms with van der Waals surface area (Å²) in [5.74, 6) is 0.860. The highest BCUT2D eigenvalue weighted by atomic mass is 16.5. The summed E-state index contributed by atoms with van der Waals surface area (Å²) in [6.07, 6.45) is 9.91. The maximum atomic E-state index is 6.14. The van der Waals surface area contributed by atoms with E-state index in [1.54, 1.807) is 0 Å². The van der Waals surface area contributed by atoms with Gasteiger partial charge in [-0.3, -0.25) is 0 Å². The summed E-state index contributed by atoms with van der Waals surface area (Å²) >= 11 is 0. The lowest BCUT2D eigenvalue weighted by Gasteiger charge is -2.43. The van der Waals surface area contributed by atoms with Crippen LogP contribution in [0.5, 0.6) is 0 Å². The number of nitrogens with one attached hydrogen (secondary N) is 1. The lowest BCUT2D eigenvalue weighted by atomic mass is 9.78. The number of hydrogen-bond donors (Lipinski definition) is 1. The summed E-state index contributed by atoms with van der Waals surface area (Å²) in [6.45, 7) is 8.45. The van der Waals surface area contributed by atoms with Crippen LogP contribution in [0.2, 0.25) is 0 Å². The van der Waals surface area contributed by atoms with Gasteiger partial charge in [0.25, 0.3) is 0 Å². The van der Waals surface area contributed by atoms with Crippen LogP contribution in [0.1, 0.15) is 65.2 Å². The maximum Gasteiger partial charge on any atom is 0.0729 e. The molecule has 2 aliphatic rings. The third kappa shape index (κ3) is 4.71. The van der Waals surface area contributed by atoms with Crippen molar-refractivity contribution in [2.24, 2.45) is 5.92 Å². The second-order valence-corrected chi connectivity index (χ2v) is 6.64. The molecule has 0 aromatic carbocycles. The van der Waals surface area contributed by atoms with Gasteiger partial charge in [0.1, 0.15) is 0 Å². The van der Waals surface area contributed by atoms with E-state index in [1.165, 1.54) is 38.5 Å². The van der Waals surface area contributed by atoms with Crippen LogP contribution in [0.3, 0.4) is 0 Å². The highest BCUT2D eigenvalue weighted by molar-refractivity contribution is 4.89. The van der Waals surface area contributed by atoms with E-state index >= 15 is 0 Å². The molecule has 0 aromatic heterocycles. The van der Waals surface area contributed by atoms with Crippen LogP contribution in [0.15, 0.2) is 0 Å². The molecular weight excluding hydrogens is 250 g/mol. The Balaban J connectivity index is 1.74. The van der Waals surface area contributed by atoms with E-state index in [2.05, 4.69) is 19.2 Å². The third-order valence-electron chi connectivity index (χ3n) is 5.10. The summed E-state index contributed by atoms with van der Waals surface area (Å²) in [7, 11) is 0. The van der Waals surface area contributed by atoms with Crippen molar-refractivity contribution < 1.29 is 9.47 Å². The predicted molar refractivity (Wildman–Crippen MR) is 83.1 cm³/mol. The standard InChI is InChI=1S/C17H33NO2/c1-3-10-18-16(4-2)6-5-15-7-11-20-17(14-15)8-12-19-13-9-17/h15-16,18H,3-14H2,1-2H3. The van der Waals surface area contributed by atoms with E-state index < -0.39 is 0 Å². The Morgan fingerprint density at radius 3 is 2.70 bits per heavy atom. The minimum Gasteiger partial charge on any atom is -0.381 e. The Bertz CT molecular complexity index is 258. The fourth-order valence-corrected chi connectivity index (χ4v) is 3.70. The first-order valence-electron chi connectivity index (χ1n) is 8.73. The first kappa shape index (κ1) is 16.3. The molecule has 0 amide bonds. The van der Waals surface area contributed by atoms with Gasteiger partial charge < -0.3 is 14.8 Å². The van der Waals surface area contributed by atoms with Crippen LogP contribution in [-0.2, 0) is 9.47 Å². The zero-order chi connectivity index (χ0) is 14.3. The van der Waals surface area contributed by atoms with Gasteiger partial charge in [0.15, 0.2) is 0 Å². The summed E-state index contributed by atoms with van der Waals surface area (Å²) in [5.41, 5.74) is 0.166. The van der Waals surface area contributed by atoms with Gasteiger partial charge in [-0.25, -0.2) is 0 Å². The highest BCUT2D eigenvalue weighted by Gasteiger charge is 2.38. The van der Waals surface area contributed by atoms with Gasteiger partial charge in [-0.2, -0.15) is 0 Å². The second-order valence-electron chi connectivity index (χ2n) is 6.64. The molecule has 0 aliphatic carbocycles. The van der Waals surface area contributed by atoms with Gasteiger partial charge in [0, 0.05) is 25.9 Å². The molecule has 2 heterocycles. The van der Waals surface area contributed by atoms with Crippen LogP contribution in [-0.4, -0.2) is 38.0 Å². The van der Waals surface area contributed by atoms with E-state index in [9.17, 15) is 0 Å². The molecule has 2 rings (SSSR count). The number of hydrogen-bond acceptors (Lipinski definition) is 3. The average molecular weight is 283 g/mol. The predicted octanol–water partition coefficient (Wildman–Crippen LogP) is 3.52. The Morgan fingerprint density at radius 2 is 2.00 bits per heavy atom. The Morgan fingerprint density at radius 1 is 1.20 bits per heavy atom. The maximum absolute atomic E-state index is 6.14. The molecule has 0 aromatic rings. The zero-order valence-corrected chi connectivity index (χ0v) is 13.5. The Hall–Kier alpha value is -0.120. The Kier molecular flexibility index (Phi) is 6.79. The SMILES string of the molecule is CCCNC(CC)CCC1CCOC2(CCOCC2)C1. The largest absolute Gasteiger partial charge is 0.381 e. The summed E-state index contributed by atoms with van der Waals surface area (Å²) in [6, 6.07) is 0.712. The van der Waals surface area contributed by atoms with Crippen molar-refractivity contribution in [2.75, 3.05) is 26.4 Å². The first-order chi connectivity index (χ1) is 9.78. The molecule has 3 heteroatoms. The molecule has 1 N–H and O–H groups in total. The summed E-state index contributed by atoms with van der Waals surface area (Å²) in [4.78, 5) is 0. The van der Waals surface area contributed by atoms with Crippen LogP contribution in [0.4, 0.5) is 0 Å². The highest BCUT2D eigenvalue weighted by Crippen LogP contribution is 2.38. The fraction of sp³-hybridized carbons (Fsp3) is 1.00. The molecule has 20 heavy (non-hydrogen) atoms. The fourth-order valence-electron chi connectivity index (χ4n) is 3.70. The molecule has 2 atom stereocenters. The minimum absolute atomic E-state index is 0.166. The molecule has 2 fully saturated rings. The first-order valence-corrected chi connectivity index (χ1v) is 8.73. The second kappa shape index (κ2) is 8.35. The third-order valence-corrected chi connectivity index (χ3v) is 5.10. The van der Waals surface area contributed by atoms with Crippen LogP contribution in [0.25, 0.3) is 0 Å². The molecule has 2 saturated heterocycles. The van der Waals surface area contributed by atoms with E-state index in [4.69, 9.17) is 9.47 Å².